The monoisotopic (exact) mass is 292 g/mol. The average molecular weight is 293 g/mol. The lowest BCUT2D eigenvalue weighted by Gasteiger charge is -2.05. The number of H-pyrrole nitrogens is 1. The molecule has 0 saturated carbocycles. The zero-order chi connectivity index (χ0) is 14.4. The Morgan fingerprint density at radius 2 is 2.25 bits per heavy atom. The van der Waals surface area contributed by atoms with E-state index in [-0.39, 0.29) is 5.91 Å². The fourth-order valence-electron chi connectivity index (χ4n) is 1.81. The molecule has 0 radical (unpaired) electrons. The van der Waals surface area contributed by atoms with Gasteiger partial charge in [-0.15, -0.1) is 0 Å². The van der Waals surface area contributed by atoms with Gasteiger partial charge in [-0.3, -0.25) is 9.89 Å². The van der Waals surface area contributed by atoms with E-state index < -0.39 is 0 Å². The number of amides is 1. The van der Waals surface area contributed by atoms with E-state index >= 15 is 0 Å². The quantitative estimate of drug-likeness (QED) is 0.856. The number of carbonyl (C=O) groups is 1. The van der Waals surface area contributed by atoms with Gasteiger partial charge < -0.3 is 5.32 Å². The molecule has 0 unspecified atom stereocenters. The topological polar surface area (TPSA) is 70.7 Å². The van der Waals surface area contributed by atoms with Crippen molar-refractivity contribution in [3.8, 4) is 0 Å². The van der Waals surface area contributed by atoms with Gasteiger partial charge in [-0.1, -0.05) is 23.7 Å². The molecule has 0 aliphatic rings. The Kier molecular flexibility index (Phi) is 5.12. The van der Waals surface area contributed by atoms with Gasteiger partial charge in [0, 0.05) is 24.4 Å². The molecule has 1 amide bonds. The molecule has 1 heterocycles. The summed E-state index contributed by atoms with van der Waals surface area (Å²) in [5.74, 6) is 0.803. The minimum absolute atomic E-state index is 0.0289. The van der Waals surface area contributed by atoms with Gasteiger partial charge in [-0.2, -0.15) is 5.10 Å². The third-order valence-corrected chi connectivity index (χ3v) is 3.43. The lowest BCUT2D eigenvalue weighted by molar-refractivity contribution is -0.121. The van der Waals surface area contributed by atoms with Crippen molar-refractivity contribution in [1.29, 1.82) is 0 Å². The molecule has 0 saturated heterocycles. The number of nitrogens with one attached hydrogen (secondary N) is 2. The second-order valence-corrected chi connectivity index (χ2v) is 5.02. The highest BCUT2D eigenvalue weighted by atomic mass is 35.5. The van der Waals surface area contributed by atoms with E-state index in [1.54, 1.807) is 0 Å². The number of halogens is 1. The fourth-order valence-corrected chi connectivity index (χ4v) is 2.01. The normalized spacial score (nSPS) is 10.5. The van der Waals surface area contributed by atoms with Crippen LogP contribution < -0.4 is 5.32 Å². The molecule has 0 aliphatic carbocycles. The molecule has 6 heteroatoms. The molecule has 2 rings (SSSR count). The van der Waals surface area contributed by atoms with Crippen molar-refractivity contribution in [3.63, 3.8) is 0 Å². The summed E-state index contributed by atoms with van der Waals surface area (Å²) in [6, 6.07) is 5.89. The van der Waals surface area contributed by atoms with Gasteiger partial charge in [-0.05, 0) is 30.5 Å². The van der Waals surface area contributed by atoms with E-state index in [1.807, 2.05) is 25.1 Å². The van der Waals surface area contributed by atoms with E-state index in [1.165, 1.54) is 6.33 Å². The second-order valence-electron chi connectivity index (χ2n) is 4.62. The maximum atomic E-state index is 11.7. The molecule has 5 nitrogen and oxygen atoms in total. The molecule has 0 atom stereocenters. The van der Waals surface area contributed by atoms with Crippen LogP contribution in [0.1, 0.15) is 23.4 Å². The number of benzene rings is 1. The van der Waals surface area contributed by atoms with Crippen LogP contribution in [0.3, 0.4) is 0 Å². The van der Waals surface area contributed by atoms with Crippen LogP contribution in [0, 0.1) is 6.92 Å². The molecular formula is C14H17ClN4O. The van der Waals surface area contributed by atoms with E-state index in [0.29, 0.717) is 25.8 Å². The van der Waals surface area contributed by atoms with E-state index in [4.69, 9.17) is 11.6 Å². The lowest BCUT2D eigenvalue weighted by Crippen LogP contribution is -2.26. The van der Waals surface area contributed by atoms with Gasteiger partial charge >= 0.3 is 0 Å². The van der Waals surface area contributed by atoms with E-state index in [0.717, 1.165) is 22.0 Å². The summed E-state index contributed by atoms with van der Waals surface area (Å²) in [7, 11) is 0. The highest BCUT2D eigenvalue weighted by Crippen LogP contribution is 2.17. The SMILES string of the molecule is Cc1ccc(CCC(=O)NCCc2ncn[nH]2)cc1Cl. The molecule has 106 valence electrons. The van der Waals surface area contributed by atoms with Crippen molar-refractivity contribution in [3.05, 3.63) is 46.5 Å². The Morgan fingerprint density at radius 3 is 2.95 bits per heavy atom. The molecule has 20 heavy (non-hydrogen) atoms. The van der Waals surface area contributed by atoms with Crippen LogP contribution in [0.2, 0.25) is 5.02 Å². The van der Waals surface area contributed by atoms with Crippen LogP contribution in [0.5, 0.6) is 0 Å². The standard InChI is InChI=1S/C14H17ClN4O/c1-10-2-3-11(8-12(10)15)4-5-14(20)16-7-6-13-17-9-18-19-13/h2-3,8-9H,4-7H2,1H3,(H,16,20)(H,17,18,19). The summed E-state index contributed by atoms with van der Waals surface area (Å²) in [6.07, 6.45) is 3.25. The minimum atomic E-state index is 0.0289. The summed E-state index contributed by atoms with van der Waals surface area (Å²) >= 11 is 6.05. The summed E-state index contributed by atoms with van der Waals surface area (Å²) in [6.45, 7) is 2.52. The zero-order valence-corrected chi connectivity index (χ0v) is 12.1. The molecule has 0 fully saturated rings. The van der Waals surface area contributed by atoms with Crippen molar-refractivity contribution in [2.75, 3.05) is 6.54 Å². The van der Waals surface area contributed by atoms with E-state index in [9.17, 15) is 4.79 Å². The predicted octanol–water partition coefficient (Wildman–Crippen LogP) is 2.06. The fraction of sp³-hybridized carbons (Fsp3) is 0.357. The van der Waals surface area contributed by atoms with Crippen molar-refractivity contribution < 1.29 is 4.79 Å². The highest BCUT2D eigenvalue weighted by molar-refractivity contribution is 6.31. The van der Waals surface area contributed by atoms with Crippen molar-refractivity contribution >= 4 is 17.5 Å². The number of aromatic nitrogens is 3. The smallest absolute Gasteiger partial charge is 0.220 e. The molecule has 2 aromatic rings. The molecular weight excluding hydrogens is 276 g/mol. The van der Waals surface area contributed by atoms with Gasteiger partial charge in [0.2, 0.25) is 5.91 Å². The maximum absolute atomic E-state index is 11.7. The van der Waals surface area contributed by atoms with Crippen LogP contribution in [-0.2, 0) is 17.6 Å². The summed E-state index contributed by atoms with van der Waals surface area (Å²) in [4.78, 5) is 15.7. The number of hydrogen-bond acceptors (Lipinski definition) is 3. The van der Waals surface area contributed by atoms with E-state index in [2.05, 4.69) is 20.5 Å². The molecule has 2 N–H and O–H groups in total. The molecule has 0 aliphatic heterocycles. The Morgan fingerprint density at radius 1 is 1.40 bits per heavy atom. The minimum Gasteiger partial charge on any atom is -0.356 e. The van der Waals surface area contributed by atoms with Crippen LogP contribution in [-0.4, -0.2) is 27.6 Å². The number of hydrogen-bond donors (Lipinski definition) is 2. The predicted molar refractivity (Wildman–Crippen MR) is 77.6 cm³/mol. The molecule has 1 aromatic heterocycles. The number of nitrogens with zero attached hydrogens (tertiary/aromatic N) is 2. The Bertz CT molecular complexity index is 569. The number of aromatic amines is 1. The summed E-state index contributed by atoms with van der Waals surface area (Å²) in [5, 5.41) is 10.1. The zero-order valence-electron chi connectivity index (χ0n) is 11.3. The first kappa shape index (κ1) is 14.5. The van der Waals surface area contributed by atoms with Crippen molar-refractivity contribution in [2.24, 2.45) is 0 Å². The van der Waals surface area contributed by atoms with Gasteiger partial charge in [0.05, 0.1) is 0 Å². The first-order valence-electron chi connectivity index (χ1n) is 6.51. The number of rotatable bonds is 6. The van der Waals surface area contributed by atoms with Crippen LogP contribution in [0.25, 0.3) is 0 Å². The molecule has 0 bridgehead atoms. The van der Waals surface area contributed by atoms with Gasteiger partial charge in [0.15, 0.2) is 0 Å². The van der Waals surface area contributed by atoms with Crippen LogP contribution in [0.15, 0.2) is 24.5 Å². The highest BCUT2D eigenvalue weighted by Gasteiger charge is 2.04. The lowest BCUT2D eigenvalue weighted by atomic mass is 10.1. The Balaban J connectivity index is 1.70. The third kappa shape index (κ3) is 4.35. The first-order chi connectivity index (χ1) is 9.65. The third-order valence-electron chi connectivity index (χ3n) is 3.03. The first-order valence-corrected chi connectivity index (χ1v) is 6.89. The van der Waals surface area contributed by atoms with Crippen LogP contribution in [0.4, 0.5) is 0 Å². The molecule has 1 aromatic carbocycles. The maximum Gasteiger partial charge on any atom is 0.220 e. The number of aryl methyl sites for hydroxylation is 2. The van der Waals surface area contributed by atoms with Gasteiger partial charge in [0.25, 0.3) is 0 Å². The largest absolute Gasteiger partial charge is 0.356 e. The van der Waals surface area contributed by atoms with Crippen molar-refractivity contribution in [2.45, 2.75) is 26.2 Å². The molecule has 0 spiro atoms. The van der Waals surface area contributed by atoms with Gasteiger partial charge in [0.1, 0.15) is 12.2 Å². The Hall–Kier alpha value is -1.88. The average Bonchev–Trinajstić information content (AvgIpc) is 2.93. The van der Waals surface area contributed by atoms with Gasteiger partial charge in [-0.25, -0.2) is 4.98 Å². The summed E-state index contributed by atoms with van der Waals surface area (Å²) < 4.78 is 0. The number of carbonyl (C=O) groups excluding carboxylic acids is 1. The summed E-state index contributed by atoms with van der Waals surface area (Å²) in [5.41, 5.74) is 2.12. The van der Waals surface area contributed by atoms with Crippen LogP contribution >= 0.6 is 11.6 Å². The Labute approximate surface area is 122 Å². The second kappa shape index (κ2) is 7.05. The van der Waals surface area contributed by atoms with Crippen molar-refractivity contribution in [1.82, 2.24) is 20.5 Å².